The van der Waals surface area contributed by atoms with Crippen LogP contribution in [0.2, 0.25) is 0 Å². The fraction of sp³-hybridized carbons (Fsp3) is 0.556. The molecule has 0 bridgehead atoms. The molecule has 0 saturated carbocycles. The van der Waals surface area contributed by atoms with E-state index in [2.05, 4.69) is 21.5 Å². The van der Waals surface area contributed by atoms with Gasteiger partial charge in [0.05, 0.1) is 0 Å². The van der Waals surface area contributed by atoms with Gasteiger partial charge in [0.15, 0.2) is 11.5 Å². The maximum absolute atomic E-state index is 13.5. The monoisotopic (exact) mass is 338 g/mol. The molecule has 0 unspecified atom stereocenters. The SMILES string of the molecule is C=CCCCC[C@H](c1cccc2c1OC(F)(F)O2)N1CCNCC1. The van der Waals surface area contributed by atoms with Gasteiger partial charge < -0.3 is 14.8 Å². The summed E-state index contributed by atoms with van der Waals surface area (Å²) in [5.41, 5.74) is 0.796. The van der Waals surface area contributed by atoms with Crippen molar-refractivity contribution in [2.24, 2.45) is 0 Å². The van der Waals surface area contributed by atoms with Gasteiger partial charge in [-0.2, -0.15) is 0 Å². The van der Waals surface area contributed by atoms with Crippen LogP contribution in [-0.4, -0.2) is 37.4 Å². The first-order valence-electron chi connectivity index (χ1n) is 8.55. The number of hydrogen-bond donors (Lipinski definition) is 1. The Labute approximate surface area is 141 Å². The number of para-hydroxylation sites is 1. The molecule has 1 aromatic carbocycles. The molecule has 4 nitrogen and oxygen atoms in total. The number of halogens is 2. The van der Waals surface area contributed by atoms with Crippen LogP contribution in [0.4, 0.5) is 8.78 Å². The van der Waals surface area contributed by atoms with Crippen LogP contribution >= 0.6 is 0 Å². The molecule has 132 valence electrons. The summed E-state index contributed by atoms with van der Waals surface area (Å²) in [4.78, 5) is 2.35. The van der Waals surface area contributed by atoms with Crippen molar-refractivity contribution in [1.29, 1.82) is 0 Å². The molecule has 1 fully saturated rings. The summed E-state index contributed by atoms with van der Waals surface area (Å²) in [5.74, 6) is 0.318. The zero-order valence-corrected chi connectivity index (χ0v) is 13.8. The maximum Gasteiger partial charge on any atom is 0.586 e. The Morgan fingerprint density at radius 2 is 2.04 bits per heavy atom. The minimum atomic E-state index is -3.57. The van der Waals surface area contributed by atoms with Crippen LogP contribution in [0.1, 0.15) is 37.3 Å². The Morgan fingerprint density at radius 1 is 1.25 bits per heavy atom. The molecule has 2 aliphatic rings. The Balaban J connectivity index is 1.82. The molecule has 6 heteroatoms. The molecular weight excluding hydrogens is 314 g/mol. The lowest BCUT2D eigenvalue weighted by Crippen LogP contribution is -2.45. The fourth-order valence-electron chi connectivity index (χ4n) is 3.41. The second-order valence-corrected chi connectivity index (χ2v) is 6.22. The molecule has 24 heavy (non-hydrogen) atoms. The third kappa shape index (κ3) is 3.87. The number of ether oxygens (including phenoxy) is 2. The van der Waals surface area contributed by atoms with Crippen molar-refractivity contribution in [1.82, 2.24) is 10.2 Å². The molecule has 1 saturated heterocycles. The highest BCUT2D eigenvalue weighted by Crippen LogP contribution is 2.47. The molecule has 2 heterocycles. The highest BCUT2D eigenvalue weighted by Gasteiger charge is 2.45. The van der Waals surface area contributed by atoms with Gasteiger partial charge in [-0.3, -0.25) is 4.90 Å². The first-order valence-corrected chi connectivity index (χ1v) is 8.55. The molecule has 0 aliphatic carbocycles. The molecule has 3 rings (SSSR count). The first kappa shape index (κ1) is 17.2. The van der Waals surface area contributed by atoms with Gasteiger partial charge in [-0.1, -0.05) is 24.6 Å². The highest BCUT2D eigenvalue weighted by molar-refractivity contribution is 5.50. The standard InChI is InChI=1S/C18H24F2N2O2/c1-2-3-4-5-8-15(22-12-10-21-11-13-22)14-7-6-9-16-17(14)24-18(19,20)23-16/h2,6-7,9,15,21H,1,3-5,8,10-13H2/t15-/m1/s1. The van der Waals surface area contributed by atoms with Crippen molar-refractivity contribution in [3.05, 3.63) is 36.4 Å². The number of alkyl halides is 2. The van der Waals surface area contributed by atoms with Crippen LogP contribution in [0, 0.1) is 0 Å². The Bertz CT molecular complexity index is 574. The van der Waals surface area contributed by atoms with Crippen LogP contribution in [-0.2, 0) is 0 Å². The quantitative estimate of drug-likeness (QED) is 0.607. The topological polar surface area (TPSA) is 33.7 Å². The molecule has 1 aromatic rings. The van der Waals surface area contributed by atoms with Gasteiger partial charge in [0.2, 0.25) is 0 Å². The Hall–Kier alpha value is -1.66. The summed E-state index contributed by atoms with van der Waals surface area (Å²) in [6.45, 7) is 7.36. The second kappa shape index (κ2) is 7.49. The van der Waals surface area contributed by atoms with Gasteiger partial charge in [-0.05, 0) is 25.3 Å². The zero-order valence-electron chi connectivity index (χ0n) is 13.8. The largest absolute Gasteiger partial charge is 0.586 e. The van der Waals surface area contributed by atoms with Crippen molar-refractivity contribution in [2.75, 3.05) is 26.2 Å². The van der Waals surface area contributed by atoms with Gasteiger partial charge in [0.25, 0.3) is 0 Å². The van der Waals surface area contributed by atoms with Gasteiger partial charge in [-0.15, -0.1) is 15.4 Å². The summed E-state index contributed by atoms with van der Waals surface area (Å²) >= 11 is 0. The summed E-state index contributed by atoms with van der Waals surface area (Å²) < 4.78 is 36.4. The lowest BCUT2D eigenvalue weighted by molar-refractivity contribution is -0.287. The van der Waals surface area contributed by atoms with Crippen molar-refractivity contribution in [3.8, 4) is 11.5 Å². The molecule has 0 radical (unpaired) electrons. The smallest absolute Gasteiger partial charge is 0.395 e. The van der Waals surface area contributed by atoms with E-state index in [-0.39, 0.29) is 17.5 Å². The van der Waals surface area contributed by atoms with E-state index in [1.807, 2.05) is 12.1 Å². The van der Waals surface area contributed by atoms with E-state index in [1.165, 1.54) is 6.07 Å². The molecular formula is C18H24F2N2O2. The van der Waals surface area contributed by atoms with E-state index < -0.39 is 6.29 Å². The number of fused-ring (bicyclic) bond motifs is 1. The predicted molar refractivity (Wildman–Crippen MR) is 88.5 cm³/mol. The number of piperazine rings is 1. The van der Waals surface area contributed by atoms with Gasteiger partial charge in [0, 0.05) is 37.8 Å². The maximum atomic E-state index is 13.5. The third-order valence-electron chi connectivity index (χ3n) is 4.55. The van der Waals surface area contributed by atoms with E-state index in [0.717, 1.165) is 57.4 Å². The Kier molecular flexibility index (Phi) is 5.36. The van der Waals surface area contributed by atoms with Gasteiger partial charge in [0.1, 0.15) is 0 Å². The van der Waals surface area contributed by atoms with E-state index in [0.29, 0.717) is 0 Å². The lowest BCUT2D eigenvalue weighted by atomic mass is 9.97. The summed E-state index contributed by atoms with van der Waals surface area (Å²) in [5, 5.41) is 3.33. The average Bonchev–Trinajstić information content (AvgIpc) is 2.90. The predicted octanol–water partition coefficient (Wildman–Crippen LogP) is 3.70. The lowest BCUT2D eigenvalue weighted by Gasteiger charge is -2.35. The number of hydrogen-bond acceptors (Lipinski definition) is 4. The fourth-order valence-corrected chi connectivity index (χ4v) is 3.41. The van der Waals surface area contributed by atoms with Crippen molar-refractivity contribution in [3.63, 3.8) is 0 Å². The minimum Gasteiger partial charge on any atom is -0.395 e. The van der Waals surface area contributed by atoms with Crippen molar-refractivity contribution >= 4 is 0 Å². The molecule has 1 atom stereocenters. The minimum absolute atomic E-state index is 0.0596. The average molecular weight is 338 g/mol. The van der Waals surface area contributed by atoms with Crippen LogP contribution in [0.3, 0.4) is 0 Å². The highest BCUT2D eigenvalue weighted by atomic mass is 19.3. The van der Waals surface area contributed by atoms with E-state index in [4.69, 9.17) is 4.74 Å². The van der Waals surface area contributed by atoms with E-state index in [1.54, 1.807) is 6.07 Å². The normalized spacial score (nSPS) is 20.8. The number of rotatable bonds is 7. The Morgan fingerprint density at radius 3 is 2.79 bits per heavy atom. The van der Waals surface area contributed by atoms with E-state index >= 15 is 0 Å². The molecule has 0 aromatic heterocycles. The molecule has 0 amide bonds. The second-order valence-electron chi connectivity index (χ2n) is 6.22. The van der Waals surface area contributed by atoms with Gasteiger partial charge >= 0.3 is 6.29 Å². The molecule has 1 N–H and O–H groups in total. The van der Waals surface area contributed by atoms with E-state index in [9.17, 15) is 8.78 Å². The number of nitrogens with one attached hydrogen (secondary N) is 1. The van der Waals surface area contributed by atoms with Crippen LogP contribution in [0.25, 0.3) is 0 Å². The van der Waals surface area contributed by atoms with Crippen molar-refractivity contribution in [2.45, 2.75) is 38.0 Å². The number of nitrogens with zero attached hydrogens (tertiary/aromatic N) is 1. The number of unbranched alkanes of at least 4 members (excludes halogenated alkanes) is 2. The summed E-state index contributed by atoms with van der Waals surface area (Å²) in [6.07, 6.45) is 2.28. The number of benzene rings is 1. The first-order chi connectivity index (χ1) is 11.6. The van der Waals surface area contributed by atoms with Crippen molar-refractivity contribution < 1.29 is 18.3 Å². The number of allylic oxidation sites excluding steroid dienone is 1. The summed E-state index contributed by atoms with van der Waals surface area (Å²) in [6, 6.07) is 5.23. The van der Waals surface area contributed by atoms with Crippen LogP contribution in [0.15, 0.2) is 30.9 Å². The zero-order chi connectivity index (χ0) is 17.0. The summed E-state index contributed by atoms with van der Waals surface area (Å²) in [7, 11) is 0. The van der Waals surface area contributed by atoms with Crippen LogP contribution < -0.4 is 14.8 Å². The third-order valence-corrected chi connectivity index (χ3v) is 4.55. The molecule has 0 spiro atoms. The van der Waals surface area contributed by atoms with Crippen LogP contribution in [0.5, 0.6) is 11.5 Å². The van der Waals surface area contributed by atoms with Gasteiger partial charge in [-0.25, -0.2) is 0 Å². The molecule has 2 aliphatic heterocycles.